The van der Waals surface area contributed by atoms with Crippen LogP contribution in [0.3, 0.4) is 0 Å². The van der Waals surface area contributed by atoms with Crippen molar-refractivity contribution in [3.8, 4) is 0 Å². The molecule has 0 aromatic heterocycles. The molecule has 0 radical (unpaired) electrons. The predicted octanol–water partition coefficient (Wildman–Crippen LogP) is 2.80. The monoisotopic (exact) mass is 251 g/mol. The van der Waals surface area contributed by atoms with Gasteiger partial charge in [0.2, 0.25) is 0 Å². The summed E-state index contributed by atoms with van der Waals surface area (Å²) in [5.74, 6) is 2.02. The molecule has 4 aliphatic rings. The molecule has 4 aliphatic carbocycles. The third kappa shape index (κ3) is 2.29. The minimum absolute atomic E-state index is 0.217. The van der Waals surface area contributed by atoms with E-state index in [2.05, 4.69) is 5.32 Å². The molecule has 4 rings (SSSR count). The summed E-state index contributed by atoms with van der Waals surface area (Å²) in [5.41, 5.74) is -0.0226. The number of carbonyl (C=O) groups is 1. The molecule has 0 aromatic rings. The summed E-state index contributed by atoms with van der Waals surface area (Å²) < 4.78 is 0. The van der Waals surface area contributed by atoms with Crippen molar-refractivity contribution in [3.63, 3.8) is 0 Å². The van der Waals surface area contributed by atoms with E-state index in [1.54, 1.807) is 0 Å². The van der Waals surface area contributed by atoms with Crippen molar-refractivity contribution in [2.75, 3.05) is 0 Å². The smallest absolute Gasteiger partial charge is 0.305 e. The lowest BCUT2D eigenvalue weighted by Crippen LogP contribution is -2.63. The maximum absolute atomic E-state index is 11.0. The third-order valence-electron chi connectivity index (χ3n) is 5.23. The van der Waals surface area contributed by atoms with Gasteiger partial charge in [-0.1, -0.05) is 0 Å². The molecule has 0 heterocycles. The fraction of sp³-hybridized carbons (Fsp3) is 0.933. The minimum Gasteiger partial charge on any atom is -0.481 e. The Morgan fingerprint density at radius 3 is 2.00 bits per heavy atom. The number of aliphatic carboxylic acids is 1. The molecule has 18 heavy (non-hydrogen) atoms. The Morgan fingerprint density at radius 2 is 1.61 bits per heavy atom. The van der Waals surface area contributed by atoms with Gasteiger partial charge >= 0.3 is 5.97 Å². The van der Waals surface area contributed by atoms with Gasteiger partial charge in [-0.05, 0) is 70.1 Å². The lowest BCUT2D eigenvalue weighted by molar-refractivity contribution is -0.139. The van der Waals surface area contributed by atoms with Crippen LogP contribution in [0.5, 0.6) is 0 Å². The highest BCUT2D eigenvalue weighted by Crippen LogP contribution is 2.56. The Balaban J connectivity index is 1.74. The van der Waals surface area contributed by atoms with Crippen LogP contribution >= 0.6 is 0 Å². The van der Waals surface area contributed by atoms with Crippen LogP contribution in [0.15, 0.2) is 0 Å². The molecule has 4 bridgehead atoms. The Kier molecular flexibility index (Phi) is 2.74. The summed E-state index contributed by atoms with van der Waals surface area (Å²) in [4.78, 5) is 11.0. The molecule has 3 heteroatoms. The van der Waals surface area contributed by atoms with Gasteiger partial charge in [0.15, 0.2) is 0 Å². The van der Waals surface area contributed by atoms with Gasteiger partial charge in [0.05, 0.1) is 6.42 Å². The lowest BCUT2D eigenvalue weighted by Gasteiger charge is -2.59. The molecule has 0 saturated heterocycles. The maximum atomic E-state index is 11.0. The van der Waals surface area contributed by atoms with Crippen LogP contribution in [0.2, 0.25) is 0 Å². The first-order valence-electron chi connectivity index (χ1n) is 7.37. The highest BCUT2D eigenvalue weighted by Gasteiger charge is 2.52. The molecule has 0 amide bonds. The van der Waals surface area contributed by atoms with Crippen LogP contribution in [-0.4, -0.2) is 22.2 Å². The zero-order valence-electron chi connectivity index (χ0n) is 11.5. The molecule has 0 aromatic carbocycles. The van der Waals surface area contributed by atoms with E-state index in [0.29, 0.717) is 0 Å². The zero-order valence-corrected chi connectivity index (χ0v) is 11.5. The standard InChI is InChI=1S/C15H25NO2/c1-14(2,9-13(17)18)16-15-6-10-3-11(7-15)5-12(4-10)8-15/h10-12,16H,3-9H2,1-2H3,(H,17,18). The first-order valence-corrected chi connectivity index (χ1v) is 7.37. The Bertz CT molecular complexity index is 326. The predicted molar refractivity (Wildman–Crippen MR) is 70.4 cm³/mol. The van der Waals surface area contributed by atoms with Crippen LogP contribution < -0.4 is 5.32 Å². The summed E-state index contributed by atoms with van der Waals surface area (Å²) >= 11 is 0. The van der Waals surface area contributed by atoms with Crippen molar-refractivity contribution in [2.45, 2.75) is 69.9 Å². The van der Waals surface area contributed by atoms with E-state index in [4.69, 9.17) is 5.11 Å². The van der Waals surface area contributed by atoms with Gasteiger partial charge in [0, 0.05) is 11.1 Å². The number of nitrogens with one attached hydrogen (secondary N) is 1. The van der Waals surface area contributed by atoms with Gasteiger partial charge in [0.1, 0.15) is 0 Å². The van der Waals surface area contributed by atoms with Crippen molar-refractivity contribution in [3.05, 3.63) is 0 Å². The van der Waals surface area contributed by atoms with E-state index < -0.39 is 5.97 Å². The van der Waals surface area contributed by atoms with Crippen molar-refractivity contribution < 1.29 is 9.90 Å². The van der Waals surface area contributed by atoms with Crippen LogP contribution in [0.25, 0.3) is 0 Å². The topological polar surface area (TPSA) is 49.3 Å². The number of hydrogen-bond donors (Lipinski definition) is 2. The highest BCUT2D eigenvalue weighted by molar-refractivity contribution is 5.68. The SMILES string of the molecule is CC(C)(CC(=O)O)NC12CC3CC(CC(C3)C1)C2. The third-order valence-corrected chi connectivity index (χ3v) is 5.23. The molecular formula is C15H25NO2. The van der Waals surface area contributed by atoms with Gasteiger partial charge in [-0.25, -0.2) is 0 Å². The normalized spacial score (nSPS) is 42.2. The van der Waals surface area contributed by atoms with Crippen LogP contribution in [0, 0.1) is 17.8 Å². The maximum Gasteiger partial charge on any atom is 0.305 e. The van der Waals surface area contributed by atoms with Gasteiger partial charge in [0.25, 0.3) is 0 Å². The van der Waals surface area contributed by atoms with Gasteiger partial charge in [-0.3, -0.25) is 4.79 Å². The molecule has 0 aliphatic heterocycles. The molecule has 102 valence electrons. The van der Waals surface area contributed by atoms with Crippen molar-refractivity contribution >= 4 is 5.97 Å². The largest absolute Gasteiger partial charge is 0.481 e. The Hall–Kier alpha value is -0.570. The summed E-state index contributed by atoms with van der Waals surface area (Å²) in [6.45, 7) is 4.08. The fourth-order valence-corrected chi connectivity index (χ4v) is 5.40. The van der Waals surface area contributed by atoms with E-state index in [0.717, 1.165) is 17.8 Å². The second-order valence-corrected chi connectivity index (χ2v) is 7.78. The van der Waals surface area contributed by atoms with Crippen LogP contribution in [0.1, 0.15) is 58.8 Å². The van der Waals surface area contributed by atoms with Crippen molar-refractivity contribution in [1.29, 1.82) is 0 Å². The quantitative estimate of drug-likeness (QED) is 0.807. The second-order valence-electron chi connectivity index (χ2n) is 7.78. The molecule has 0 unspecified atom stereocenters. The highest BCUT2D eigenvalue weighted by atomic mass is 16.4. The lowest BCUT2D eigenvalue weighted by atomic mass is 9.52. The number of rotatable bonds is 4. The molecule has 3 nitrogen and oxygen atoms in total. The zero-order chi connectivity index (χ0) is 13.0. The van der Waals surface area contributed by atoms with Gasteiger partial charge < -0.3 is 10.4 Å². The summed E-state index contributed by atoms with van der Waals surface area (Å²) in [7, 11) is 0. The molecular weight excluding hydrogens is 226 g/mol. The van der Waals surface area contributed by atoms with E-state index in [1.165, 1.54) is 38.5 Å². The Labute approximate surface area is 109 Å². The van der Waals surface area contributed by atoms with E-state index in [9.17, 15) is 4.79 Å². The van der Waals surface area contributed by atoms with E-state index >= 15 is 0 Å². The molecule has 4 saturated carbocycles. The Morgan fingerprint density at radius 1 is 1.17 bits per heavy atom. The minimum atomic E-state index is -0.697. The molecule has 4 fully saturated rings. The van der Waals surface area contributed by atoms with Gasteiger partial charge in [-0.15, -0.1) is 0 Å². The summed E-state index contributed by atoms with van der Waals surface area (Å²) in [5, 5.41) is 12.8. The average Bonchev–Trinajstić information content (AvgIpc) is 2.09. The van der Waals surface area contributed by atoms with Crippen LogP contribution in [-0.2, 0) is 4.79 Å². The first-order chi connectivity index (χ1) is 8.36. The fourth-order valence-electron chi connectivity index (χ4n) is 5.40. The molecule has 0 spiro atoms. The van der Waals surface area contributed by atoms with Crippen molar-refractivity contribution in [1.82, 2.24) is 5.32 Å². The van der Waals surface area contributed by atoms with E-state index in [-0.39, 0.29) is 17.5 Å². The summed E-state index contributed by atoms with van der Waals surface area (Å²) in [6, 6.07) is 0. The average molecular weight is 251 g/mol. The second kappa shape index (κ2) is 3.96. The molecule has 2 N–H and O–H groups in total. The number of carboxylic acid groups (broad SMARTS) is 1. The summed E-state index contributed by atoms with van der Waals surface area (Å²) in [6.07, 6.45) is 8.35. The molecule has 0 atom stereocenters. The number of hydrogen-bond acceptors (Lipinski definition) is 2. The van der Waals surface area contributed by atoms with E-state index in [1.807, 2.05) is 13.8 Å². The number of carboxylic acids is 1. The first kappa shape index (κ1) is 12.5. The van der Waals surface area contributed by atoms with Gasteiger partial charge in [-0.2, -0.15) is 0 Å². The van der Waals surface area contributed by atoms with Crippen LogP contribution in [0.4, 0.5) is 0 Å². The van der Waals surface area contributed by atoms with Crippen molar-refractivity contribution in [2.24, 2.45) is 17.8 Å².